The fourth-order valence-electron chi connectivity index (χ4n) is 1.76. The first-order chi connectivity index (χ1) is 9.78. The van der Waals surface area contributed by atoms with Crippen LogP contribution in [0.1, 0.15) is 26.7 Å². The van der Waals surface area contributed by atoms with Crippen molar-refractivity contribution in [3.63, 3.8) is 0 Å². The first-order valence-corrected chi connectivity index (χ1v) is 6.92. The van der Waals surface area contributed by atoms with Gasteiger partial charge < -0.3 is 20.2 Å². The monoisotopic (exact) mass is 291 g/mol. The lowest BCUT2D eigenvalue weighted by molar-refractivity contribution is 0.0170. The van der Waals surface area contributed by atoms with E-state index in [-0.39, 0.29) is 18.5 Å². The summed E-state index contributed by atoms with van der Waals surface area (Å²) in [5.41, 5.74) is 1.06. The molecule has 0 aliphatic heterocycles. The van der Waals surface area contributed by atoms with Crippen molar-refractivity contribution in [1.29, 1.82) is 0 Å². The van der Waals surface area contributed by atoms with Crippen LogP contribution in [0.3, 0.4) is 0 Å². The van der Waals surface area contributed by atoms with Crippen molar-refractivity contribution in [3.05, 3.63) is 24.1 Å². The number of benzene rings is 1. The van der Waals surface area contributed by atoms with Gasteiger partial charge in [-0.1, -0.05) is 13.8 Å². The van der Waals surface area contributed by atoms with Gasteiger partial charge in [0, 0.05) is 19.2 Å². The average molecular weight is 291 g/mol. The van der Waals surface area contributed by atoms with E-state index in [9.17, 15) is 9.90 Å². The van der Waals surface area contributed by atoms with Gasteiger partial charge >= 0.3 is 6.03 Å². The quantitative estimate of drug-likeness (QED) is 0.808. The Morgan fingerprint density at radius 2 is 2.19 bits per heavy atom. The van der Waals surface area contributed by atoms with Gasteiger partial charge in [-0.05, 0) is 31.0 Å². The van der Waals surface area contributed by atoms with Crippen LogP contribution in [0.5, 0.6) is 0 Å². The fraction of sp³-hybridized carbons (Fsp3) is 0.467. The van der Waals surface area contributed by atoms with Crippen molar-refractivity contribution in [2.75, 3.05) is 11.9 Å². The average Bonchev–Trinajstić information content (AvgIpc) is 2.75. The molecule has 0 spiro atoms. The molecule has 21 heavy (non-hydrogen) atoms. The molecule has 1 unspecified atom stereocenters. The van der Waals surface area contributed by atoms with E-state index in [1.165, 1.54) is 0 Å². The maximum atomic E-state index is 11.8. The molecule has 2 rings (SSSR count). The van der Waals surface area contributed by atoms with Crippen molar-refractivity contribution in [2.24, 2.45) is 5.92 Å². The van der Waals surface area contributed by atoms with Crippen LogP contribution in [-0.4, -0.2) is 28.3 Å². The summed E-state index contributed by atoms with van der Waals surface area (Å²) in [5.74, 6) is 0.631. The zero-order valence-corrected chi connectivity index (χ0v) is 12.7. The smallest absolute Gasteiger partial charge is 0.319 e. The molecule has 1 aromatic carbocycles. The Bertz CT molecular complexity index is 647. The van der Waals surface area contributed by atoms with Gasteiger partial charge in [-0.15, -0.1) is 0 Å². The number of urea groups is 1. The zero-order valence-electron chi connectivity index (χ0n) is 12.7. The van der Waals surface area contributed by atoms with E-state index in [2.05, 4.69) is 15.6 Å². The minimum absolute atomic E-state index is 0.0484. The number of aromatic nitrogens is 1. The number of carbonyl (C=O) groups excluding carboxylic acids is 1. The Labute approximate surface area is 123 Å². The van der Waals surface area contributed by atoms with Crippen LogP contribution in [0, 0.1) is 12.8 Å². The molecule has 1 heterocycles. The van der Waals surface area contributed by atoms with Crippen LogP contribution in [0.4, 0.5) is 10.5 Å². The Morgan fingerprint density at radius 1 is 1.48 bits per heavy atom. The molecule has 1 aromatic heterocycles. The van der Waals surface area contributed by atoms with Gasteiger partial charge in [-0.2, -0.15) is 0 Å². The van der Waals surface area contributed by atoms with Crippen LogP contribution in [0.2, 0.25) is 0 Å². The van der Waals surface area contributed by atoms with Gasteiger partial charge in [0.25, 0.3) is 0 Å². The van der Waals surface area contributed by atoms with Crippen molar-refractivity contribution >= 4 is 22.8 Å². The highest BCUT2D eigenvalue weighted by molar-refractivity contribution is 5.91. The van der Waals surface area contributed by atoms with E-state index < -0.39 is 5.60 Å². The third-order valence-electron chi connectivity index (χ3n) is 3.60. The first kappa shape index (κ1) is 15.3. The highest BCUT2D eigenvalue weighted by Gasteiger charge is 2.25. The molecule has 0 bridgehead atoms. The number of hydrogen-bond donors (Lipinski definition) is 3. The molecule has 0 aliphatic carbocycles. The SMILES string of the molecule is Cc1nc2cc(NC(=O)NCC(C)(O)C(C)C)ccc2o1. The second-order valence-electron chi connectivity index (χ2n) is 5.73. The van der Waals surface area contributed by atoms with Gasteiger partial charge in [0.05, 0.1) is 5.60 Å². The standard InChI is InChI=1S/C15H21N3O3/c1-9(2)15(4,20)8-16-14(19)18-11-5-6-13-12(7-11)17-10(3)21-13/h5-7,9,20H,8H2,1-4H3,(H2,16,18,19). The van der Waals surface area contributed by atoms with Crippen molar-refractivity contribution in [2.45, 2.75) is 33.3 Å². The normalized spacial score (nSPS) is 14.2. The number of nitrogens with zero attached hydrogens (tertiary/aromatic N) is 1. The number of anilines is 1. The van der Waals surface area contributed by atoms with E-state index in [0.29, 0.717) is 22.7 Å². The number of carbonyl (C=O) groups is 1. The van der Waals surface area contributed by atoms with Crippen LogP contribution < -0.4 is 10.6 Å². The van der Waals surface area contributed by atoms with Crippen molar-refractivity contribution in [3.8, 4) is 0 Å². The molecule has 0 aliphatic rings. The Balaban J connectivity index is 1.98. The second-order valence-corrected chi connectivity index (χ2v) is 5.73. The molecule has 0 saturated heterocycles. The summed E-state index contributed by atoms with van der Waals surface area (Å²) in [4.78, 5) is 16.1. The third-order valence-corrected chi connectivity index (χ3v) is 3.60. The number of hydrogen-bond acceptors (Lipinski definition) is 4. The largest absolute Gasteiger partial charge is 0.441 e. The van der Waals surface area contributed by atoms with Crippen LogP contribution in [0.25, 0.3) is 11.1 Å². The summed E-state index contributed by atoms with van der Waals surface area (Å²) < 4.78 is 5.37. The molecule has 0 radical (unpaired) electrons. The fourth-order valence-corrected chi connectivity index (χ4v) is 1.76. The van der Waals surface area contributed by atoms with Crippen LogP contribution >= 0.6 is 0 Å². The van der Waals surface area contributed by atoms with Crippen LogP contribution in [-0.2, 0) is 0 Å². The highest BCUT2D eigenvalue weighted by atomic mass is 16.3. The van der Waals surface area contributed by atoms with Gasteiger partial charge in [0.1, 0.15) is 5.52 Å². The Hall–Kier alpha value is -2.08. The van der Waals surface area contributed by atoms with Gasteiger partial charge in [0.2, 0.25) is 0 Å². The molecule has 6 nitrogen and oxygen atoms in total. The molecule has 1 atom stereocenters. The minimum atomic E-state index is -0.940. The molecule has 0 saturated carbocycles. The molecule has 3 N–H and O–H groups in total. The summed E-state index contributed by atoms with van der Waals surface area (Å²) in [6, 6.07) is 4.88. The molecule has 6 heteroatoms. The van der Waals surface area contributed by atoms with E-state index in [0.717, 1.165) is 0 Å². The maximum Gasteiger partial charge on any atom is 0.319 e. The number of oxazole rings is 1. The Morgan fingerprint density at radius 3 is 2.86 bits per heavy atom. The number of aliphatic hydroxyl groups is 1. The van der Waals surface area contributed by atoms with E-state index >= 15 is 0 Å². The maximum absolute atomic E-state index is 11.8. The zero-order chi connectivity index (χ0) is 15.6. The molecule has 114 valence electrons. The topological polar surface area (TPSA) is 87.4 Å². The summed E-state index contributed by atoms with van der Waals surface area (Å²) >= 11 is 0. The summed E-state index contributed by atoms with van der Waals surface area (Å²) in [6.45, 7) is 7.46. The summed E-state index contributed by atoms with van der Waals surface area (Å²) in [6.07, 6.45) is 0. The molecular weight excluding hydrogens is 270 g/mol. The van der Waals surface area contributed by atoms with E-state index in [4.69, 9.17) is 4.42 Å². The Kier molecular flexibility index (Phi) is 4.18. The van der Waals surface area contributed by atoms with Gasteiger partial charge in [-0.25, -0.2) is 9.78 Å². The molecule has 2 amide bonds. The number of rotatable bonds is 4. The molecule has 0 fully saturated rings. The molecular formula is C15H21N3O3. The van der Waals surface area contributed by atoms with Crippen LogP contribution in [0.15, 0.2) is 22.6 Å². The van der Waals surface area contributed by atoms with E-state index in [1.54, 1.807) is 32.0 Å². The van der Waals surface area contributed by atoms with Crippen molar-refractivity contribution in [1.82, 2.24) is 10.3 Å². The molecule has 2 aromatic rings. The number of amides is 2. The number of fused-ring (bicyclic) bond motifs is 1. The van der Waals surface area contributed by atoms with E-state index in [1.807, 2.05) is 13.8 Å². The van der Waals surface area contributed by atoms with Crippen molar-refractivity contribution < 1.29 is 14.3 Å². The van der Waals surface area contributed by atoms with Gasteiger partial charge in [0.15, 0.2) is 11.5 Å². The first-order valence-electron chi connectivity index (χ1n) is 6.92. The number of nitrogens with one attached hydrogen (secondary N) is 2. The summed E-state index contributed by atoms with van der Waals surface area (Å²) in [5, 5.41) is 15.5. The lowest BCUT2D eigenvalue weighted by Crippen LogP contribution is -2.45. The van der Waals surface area contributed by atoms with Gasteiger partial charge in [-0.3, -0.25) is 0 Å². The third kappa shape index (κ3) is 3.72. The summed E-state index contributed by atoms with van der Waals surface area (Å²) in [7, 11) is 0. The minimum Gasteiger partial charge on any atom is -0.441 e. The predicted molar refractivity (Wildman–Crippen MR) is 81.2 cm³/mol. The predicted octanol–water partition coefficient (Wildman–Crippen LogP) is 2.66. The lowest BCUT2D eigenvalue weighted by Gasteiger charge is -2.27. The second kappa shape index (κ2) is 5.73. The lowest BCUT2D eigenvalue weighted by atomic mass is 9.93. The highest BCUT2D eigenvalue weighted by Crippen LogP contribution is 2.19. The number of aryl methyl sites for hydroxylation is 1.